The Balaban J connectivity index is 1.49. The van der Waals surface area contributed by atoms with Crippen LogP contribution in [0.2, 0.25) is 0 Å². The molecule has 0 spiro atoms. The minimum absolute atomic E-state index is 0.526. The zero-order chi connectivity index (χ0) is 49.3. The summed E-state index contributed by atoms with van der Waals surface area (Å²) in [5.74, 6) is -47.1. The minimum atomic E-state index is -2.69. The Morgan fingerprint density at radius 2 is 0.603 bits per heavy atom. The molecular weight excluding hydrogens is 955 g/mol. The van der Waals surface area contributed by atoms with Crippen molar-refractivity contribution in [2.24, 2.45) is 9.98 Å². The maximum atomic E-state index is 16.2. The van der Waals surface area contributed by atoms with Gasteiger partial charge in [-0.25, -0.2) is 93.4 Å². The van der Waals surface area contributed by atoms with E-state index in [9.17, 15) is 43.9 Å². The average Bonchev–Trinajstić information content (AvgIpc) is 4.18. The van der Waals surface area contributed by atoms with Crippen LogP contribution in [0.4, 0.5) is 83.4 Å². The average molecular weight is 970 g/mol. The fourth-order valence-corrected chi connectivity index (χ4v) is 7.99. The van der Waals surface area contributed by atoms with E-state index < -0.39 is 212 Å². The highest BCUT2D eigenvalue weighted by molar-refractivity contribution is 6.34. The monoisotopic (exact) mass is 969 g/mol. The van der Waals surface area contributed by atoms with Crippen LogP contribution in [0.25, 0.3) is 22.3 Å². The number of allylic oxidation sites excluding steroid dienone is 10. The lowest BCUT2D eigenvalue weighted by Gasteiger charge is -2.17. The summed E-state index contributed by atoms with van der Waals surface area (Å²) in [6, 6.07) is 1.37. The largest absolute Gasteiger partial charge is 0.354 e. The molecule has 1 aromatic heterocycles. The van der Waals surface area contributed by atoms with Gasteiger partial charge >= 0.3 is 0 Å². The normalized spacial score (nSPS) is 15.6. The van der Waals surface area contributed by atoms with Crippen molar-refractivity contribution in [3.05, 3.63) is 221 Å². The predicted molar refractivity (Wildman–Crippen MR) is 203 cm³/mol. The third-order valence-electron chi connectivity index (χ3n) is 11.2. The van der Waals surface area contributed by atoms with Crippen molar-refractivity contribution < 1.29 is 83.4 Å². The standard InChI is InChI=1S/C46H14F19N3/c1-11-28(47)24(30(49)37(56)29(11)48)20-12-2-3-13(10-12)21(25-31(50)38(57)44(63)39(58)32(25)51)15-5-7-17(67-15)23(27-35(54)42(61)46(65)43(62)36(27)55)19-9-8-18(68-19)22(16-6-4-14(20)66-16)26-33(52)40(59)45(64)41(60)34(26)53/h2-9,68H,10H2,1H3. The summed E-state index contributed by atoms with van der Waals surface area (Å²) in [6.45, 7) is 0.659. The van der Waals surface area contributed by atoms with Crippen molar-refractivity contribution >= 4 is 33.7 Å². The van der Waals surface area contributed by atoms with E-state index in [-0.39, 0.29) is 0 Å². The van der Waals surface area contributed by atoms with Gasteiger partial charge in [0.2, 0.25) is 17.5 Å². The second-order valence-corrected chi connectivity index (χ2v) is 14.9. The minimum Gasteiger partial charge on any atom is -0.354 e. The summed E-state index contributed by atoms with van der Waals surface area (Å²) in [6.07, 6.45) is 3.56. The lowest BCUT2D eigenvalue weighted by molar-refractivity contribution is 0.376. The molecule has 4 heterocycles. The number of aromatic nitrogens is 1. The van der Waals surface area contributed by atoms with Gasteiger partial charge in [0.05, 0.1) is 45.1 Å². The molecule has 346 valence electrons. The first kappa shape index (κ1) is 45.5. The molecule has 0 atom stereocenters. The Kier molecular flexibility index (Phi) is 10.7. The molecule has 8 bridgehead atoms. The summed E-state index contributed by atoms with van der Waals surface area (Å²) in [5, 5.41) is 0. The number of aliphatic imine (C=N–C) groups is 2. The molecule has 1 aliphatic carbocycles. The highest BCUT2D eigenvalue weighted by Gasteiger charge is 2.38. The van der Waals surface area contributed by atoms with Crippen LogP contribution in [0.5, 0.6) is 0 Å². The lowest BCUT2D eigenvalue weighted by atomic mass is 9.89. The van der Waals surface area contributed by atoms with Crippen LogP contribution < -0.4 is 0 Å². The number of benzene rings is 4. The Labute approximate surface area is 366 Å². The zero-order valence-corrected chi connectivity index (χ0v) is 32.9. The second kappa shape index (κ2) is 16.0. The Morgan fingerprint density at radius 3 is 0.941 bits per heavy atom. The number of fused-ring (bicyclic) bond motifs is 6. The van der Waals surface area contributed by atoms with E-state index in [4.69, 9.17) is 0 Å². The Morgan fingerprint density at radius 1 is 0.324 bits per heavy atom. The number of H-pyrrole nitrogens is 1. The van der Waals surface area contributed by atoms with Crippen LogP contribution in [0.3, 0.4) is 0 Å². The van der Waals surface area contributed by atoms with Gasteiger partial charge in [-0.05, 0) is 60.9 Å². The molecule has 22 heteroatoms. The van der Waals surface area contributed by atoms with E-state index in [1.165, 1.54) is 0 Å². The summed E-state index contributed by atoms with van der Waals surface area (Å²) in [7, 11) is 0. The highest BCUT2D eigenvalue weighted by Crippen LogP contribution is 2.46. The topological polar surface area (TPSA) is 40.5 Å². The summed E-state index contributed by atoms with van der Waals surface area (Å²) >= 11 is 0. The van der Waals surface area contributed by atoms with Gasteiger partial charge in [0, 0.05) is 39.2 Å². The molecule has 4 aliphatic rings. The molecule has 0 radical (unpaired) electrons. The molecule has 0 fully saturated rings. The molecule has 68 heavy (non-hydrogen) atoms. The maximum absolute atomic E-state index is 16.2. The van der Waals surface area contributed by atoms with Crippen LogP contribution >= 0.6 is 0 Å². The molecule has 5 aromatic rings. The van der Waals surface area contributed by atoms with Crippen LogP contribution in [-0.4, -0.2) is 16.4 Å². The van der Waals surface area contributed by atoms with Crippen molar-refractivity contribution in [2.45, 2.75) is 13.3 Å². The van der Waals surface area contributed by atoms with Gasteiger partial charge in [-0.15, -0.1) is 0 Å². The zero-order valence-electron chi connectivity index (χ0n) is 32.9. The molecule has 3 nitrogen and oxygen atoms in total. The van der Waals surface area contributed by atoms with Crippen LogP contribution in [0, 0.1) is 117 Å². The third kappa shape index (κ3) is 6.46. The number of nitrogens with zero attached hydrogens (tertiary/aromatic N) is 2. The molecule has 9 rings (SSSR count). The van der Waals surface area contributed by atoms with E-state index in [1.807, 2.05) is 0 Å². The first-order chi connectivity index (χ1) is 32.1. The van der Waals surface area contributed by atoms with Crippen LogP contribution in [-0.2, 0) is 0 Å². The summed E-state index contributed by atoms with van der Waals surface area (Å²) in [4.78, 5) is 10.4. The molecule has 1 N–H and O–H groups in total. The lowest BCUT2D eigenvalue weighted by Crippen LogP contribution is -2.12. The SMILES string of the molecule is Cc1c(F)c(F)c(F)c(C2=C3C=CC(=C(c4c(F)c(F)c(F)c(F)c4F)C4=NC(=C(c5c(F)c(F)c(F)c(F)c5F)c5ccc([nH]5)C(c5c(F)c(F)c(F)c(F)c5F)=C5C=CC2=N5)C=C4)C3)c1F. The first-order valence-corrected chi connectivity index (χ1v) is 18.8. The van der Waals surface area contributed by atoms with Crippen molar-refractivity contribution in [3.63, 3.8) is 0 Å². The Hall–Kier alpha value is -7.65. The quantitative estimate of drug-likeness (QED) is 0.106. The fourth-order valence-electron chi connectivity index (χ4n) is 7.99. The summed E-state index contributed by atoms with van der Waals surface area (Å²) < 4.78 is 290. The van der Waals surface area contributed by atoms with E-state index >= 15 is 39.5 Å². The number of aromatic amines is 1. The Bertz CT molecular complexity index is 3180. The van der Waals surface area contributed by atoms with Gasteiger partial charge in [-0.3, -0.25) is 0 Å². The fraction of sp³-hybridized carbons (Fsp3) is 0.0435. The van der Waals surface area contributed by atoms with Gasteiger partial charge in [0.25, 0.3) is 0 Å². The van der Waals surface area contributed by atoms with Crippen molar-refractivity contribution in [1.29, 1.82) is 0 Å². The molecular formula is C46H14F19N3. The number of hydrogen-bond acceptors (Lipinski definition) is 2. The second-order valence-electron chi connectivity index (χ2n) is 14.9. The highest BCUT2D eigenvalue weighted by atomic mass is 19.2. The van der Waals surface area contributed by atoms with Gasteiger partial charge < -0.3 is 4.98 Å². The number of rotatable bonds is 4. The molecule has 0 saturated heterocycles. The van der Waals surface area contributed by atoms with E-state index in [0.717, 1.165) is 24.3 Å². The van der Waals surface area contributed by atoms with E-state index in [1.54, 1.807) is 0 Å². The van der Waals surface area contributed by atoms with Gasteiger partial charge in [-0.1, -0.05) is 12.2 Å². The van der Waals surface area contributed by atoms with Crippen LogP contribution in [0.15, 0.2) is 81.1 Å². The maximum Gasteiger partial charge on any atom is 0.200 e. The molecule has 0 amide bonds. The third-order valence-corrected chi connectivity index (χ3v) is 11.2. The smallest absolute Gasteiger partial charge is 0.200 e. The van der Waals surface area contributed by atoms with E-state index in [0.29, 0.717) is 31.2 Å². The number of hydrogen-bond donors (Lipinski definition) is 1. The van der Waals surface area contributed by atoms with Crippen molar-refractivity contribution in [2.75, 3.05) is 0 Å². The van der Waals surface area contributed by atoms with Crippen molar-refractivity contribution in [3.8, 4) is 0 Å². The van der Waals surface area contributed by atoms with Gasteiger partial charge in [-0.2, -0.15) is 0 Å². The van der Waals surface area contributed by atoms with Crippen molar-refractivity contribution in [1.82, 2.24) is 4.98 Å². The van der Waals surface area contributed by atoms with E-state index in [2.05, 4.69) is 15.0 Å². The van der Waals surface area contributed by atoms with Crippen LogP contribution in [0.1, 0.15) is 45.6 Å². The molecule has 4 aromatic carbocycles. The number of nitrogens with one attached hydrogen (secondary N) is 1. The number of halogens is 19. The summed E-state index contributed by atoms with van der Waals surface area (Å²) in [5.41, 5.74) is -18.8. The van der Waals surface area contributed by atoms with Gasteiger partial charge in [0.15, 0.2) is 87.3 Å². The predicted octanol–water partition coefficient (Wildman–Crippen LogP) is 13.4. The molecule has 3 aliphatic heterocycles. The first-order valence-electron chi connectivity index (χ1n) is 18.8. The molecule has 0 saturated carbocycles. The molecule has 0 unspecified atom stereocenters. The van der Waals surface area contributed by atoms with Gasteiger partial charge in [0.1, 0.15) is 5.82 Å².